The van der Waals surface area contributed by atoms with Crippen molar-refractivity contribution >= 4 is 34.1 Å². The number of amides is 1. The van der Waals surface area contributed by atoms with Gasteiger partial charge in [-0.2, -0.15) is 0 Å². The zero-order chi connectivity index (χ0) is 23.4. The fraction of sp³-hybridized carbons (Fsp3) is 0.154. The first kappa shape index (κ1) is 22.7. The molecular weight excluding hydrogens is 443 g/mol. The van der Waals surface area contributed by atoms with Crippen LogP contribution in [0, 0.1) is 5.82 Å². The van der Waals surface area contributed by atoms with Crippen molar-refractivity contribution in [2.45, 2.75) is 19.4 Å². The molecule has 3 aromatic carbocycles. The Morgan fingerprint density at radius 1 is 1.09 bits per heavy atom. The van der Waals surface area contributed by atoms with Gasteiger partial charge in [0.2, 0.25) is 0 Å². The predicted octanol–water partition coefficient (Wildman–Crippen LogP) is 5.64. The molecule has 33 heavy (non-hydrogen) atoms. The highest BCUT2D eigenvalue weighted by molar-refractivity contribution is 6.33. The summed E-state index contributed by atoms with van der Waals surface area (Å²) in [7, 11) is 0. The predicted molar refractivity (Wildman–Crippen MR) is 128 cm³/mol. The van der Waals surface area contributed by atoms with E-state index in [0.717, 1.165) is 16.5 Å². The van der Waals surface area contributed by atoms with Crippen LogP contribution in [-0.2, 0) is 11.2 Å². The summed E-state index contributed by atoms with van der Waals surface area (Å²) in [5.74, 6) is -0.186. The Morgan fingerprint density at radius 3 is 2.61 bits per heavy atom. The molecule has 168 valence electrons. The number of halogens is 2. The van der Waals surface area contributed by atoms with E-state index in [1.165, 1.54) is 12.1 Å². The smallest absolute Gasteiger partial charge is 0.265 e. The van der Waals surface area contributed by atoms with E-state index >= 15 is 0 Å². The van der Waals surface area contributed by atoms with Gasteiger partial charge in [0, 0.05) is 35.5 Å². The number of hydrogen-bond donors (Lipinski definition) is 2. The molecular formula is C26H22ClFN2O3. The minimum Gasteiger partial charge on any atom is -0.481 e. The van der Waals surface area contributed by atoms with Gasteiger partial charge in [0.1, 0.15) is 11.6 Å². The van der Waals surface area contributed by atoms with Gasteiger partial charge in [-0.25, -0.2) is 4.39 Å². The van der Waals surface area contributed by atoms with Crippen LogP contribution in [-0.4, -0.2) is 28.7 Å². The zero-order valence-corrected chi connectivity index (χ0v) is 18.6. The lowest BCUT2D eigenvalue weighted by Gasteiger charge is -2.16. The van der Waals surface area contributed by atoms with E-state index in [1.54, 1.807) is 43.5 Å². The van der Waals surface area contributed by atoms with Crippen molar-refractivity contribution < 1.29 is 19.0 Å². The molecule has 0 spiro atoms. The third-order valence-electron chi connectivity index (χ3n) is 5.24. The highest BCUT2D eigenvalue weighted by atomic mass is 35.5. The lowest BCUT2D eigenvalue weighted by Crippen LogP contribution is -2.30. The Hall–Kier alpha value is -3.48. The summed E-state index contributed by atoms with van der Waals surface area (Å²) in [5.41, 5.74) is 3.84. The maximum absolute atomic E-state index is 13.4. The summed E-state index contributed by atoms with van der Waals surface area (Å²) in [6.07, 6.45) is 1.48. The topological polar surface area (TPSA) is 71.5 Å². The van der Waals surface area contributed by atoms with Gasteiger partial charge in [0.05, 0.1) is 10.5 Å². The van der Waals surface area contributed by atoms with Gasteiger partial charge in [-0.1, -0.05) is 23.7 Å². The first-order valence-corrected chi connectivity index (χ1v) is 10.8. The monoisotopic (exact) mass is 464 g/mol. The normalized spacial score (nSPS) is 11.9. The molecule has 2 N–H and O–H groups in total. The lowest BCUT2D eigenvalue weighted by atomic mass is 10.0. The molecule has 0 bridgehead atoms. The zero-order valence-electron chi connectivity index (χ0n) is 17.9. The van der Waals surface area contributed by atoms with Crippen molar-refractivity contribution in [2.24, 2.45) is 0 Å². The SMILES string of the molecule is C[C@@H](Oc1ccc2c(-c3ccc(F)cc3Cl)ccnc2c1)C(=O)Nc1ccc(CCO)cc1. The van der Waals surface area contributed by atoms with Crippen LogP contribution in [0.5, 0.6) is 5.75 Å². The molecule has 0 radical (unpaired) electrons. The molecule has 0 saturated carbocycles. The molecule has 0 aliphatic rings. The molecule has 4 rings (SSSR count). The second-order valence-corrected chi connectivity index (χ2v) is 7.99. The maximum atomic E-state index is 13.4. The summed E-state index contributed by atoms with van der Waals surface area (Å²) in [5, 5.41) is 13.0. The minimum atomic E-state index is -0.741. The summed E-state index contributed by atoms with van der Waals surface area (Å²) in [6, 6.07) is 18.8. The third kappa shape index (κ3) is 5.30. The maximum Gasteiger partial charge on any atom is 0.265 e. The van der Waals surface area contributed by atoms with Gasteiger partial charge < -0.3 is 15.2 Å². The highest BCUT2D eigenvalue weighted by Gasteiger charge is 2.16. The Morgan fingerprint density at radius 2 is 1.88 bits per heavy atom. The average molecular weight is 465 g/mol. The molecule has 1 heterocycles. The first-order valence-electron chi connectivity index (χ1n) is 10.5. The number of aromatic nitrogens is 1. The van der Waals surface area contributed by atoms with Crippen molar-refractivity contribution in [1.29, 1.82) is 0 Å². The first-order chi connectivity index (χ1) is 15.9. The molecule has 7 heteroatoms. The van der Waals surface area contributed by atoms with Crippen LogP contribution in [0.1, 0.15) is 12.5 Å². The average Bonchev–Trinajstić information content (AvgIpc) is 2.80. The molecule has 4 aromatic rings. The van der Waals surface area contributed by atoms with Crippen LogP contribution >= 0.6 is 11.6 Å². The van der Waals surface area contributed by atoms with Crippen LogP contribution in [0.3, 0.4) is 0 Å². The summed E-state index contributed by atoms with van der Waals surface area (Å²) in [6.45, 7) is 1.75. The minimum absolute atomic E-state index is 0.0790. The molecule has 0 aliphatic carbocycles. The molecule has 0 aliphatic heterocycles. The lowest BCUT2D eigenvalue weighted by molar-refractivity contribution is -0.122. The van der Waals surface area contributed by atoms with Crippen LogP contribution in [0.2, 0.25) is 5.02 Å². The second kappa shape index (κ2) is 9.98. The van der Waals surface area contributed by atoms with Crippen molar-refractivity contribution in [1.82, 2.24) is 4.98 Å². The van der Waals surface area contributed by atoms with Gasteiger partial charge in [-0.3, -0.25) is 9.78 Å². The number of aliphatic hydroxyl groups excluding tert-OH is 1. The number of hydrogen-bond acceptors (Lipinski definition) is 4. The van der Waals surface area contributed by atoms with Gasteiger partial charge >= 0.3 is 0 Å². The van der Waals surface area contributed by atoms with Crippen LogP contribution in [0.15, 0.2) is 72.9 Å². The molecule has 5 nitrogen and oxygen atoms in total. The number of carbonyl (C=O) groups excluding carboxylic acids is 1. The van der Waals surface area contributed by atoms with E-state index in [2.05, 4.69) is 10.3 Å². The number of carbonyl (C=O) groups is 1. The summed E-state index contributed by atoms with van der Waals surface area (Å²) in [4.78, 5) is 17.0. The van der Waals surface area contributed by atoms with Crippen LogP contribution in [0.25, 0.3) is 22.0 Å². The Balaban J connectivity index is 1.50. The van der Waals surface area contributed by atoms with Crippen molar-refractivity contribution in [3.05, 3.63) is 89.3 Å². The van der Waals surface area contributed by atoms with E-state index in [9.17, 15) is 9.18 Å². The van der Waals surface area contributed by atoms with Gasteiger partial charge in [0.15, 0.2) is 6.10 Å². The fourth-order valence-electron chi connectivity index (χ4n) is 3.53. The summed E-state index contributed by atoms with van der Waals surface area (Å²) < 4.78 is 19.3. The van der Waals surface area contributed by atoms with Crippen molar-refractivity contribution in [3.8, 4) is 16.9 Å². The number of aliphatic hydroxyl groups is 1. The number of anilines is 1. The Kier molecular flexibility index (Phi) is 6.87. The van der Waals surface area contributed by atoms with Crippen LogP contribution in [0.4, 0.5) is 10.1 Å². The highest BCUT2D eigenvalue weighted by Crippen LogP contribution is 2.34. The number of benzene rings is 3. The Labute approximate surface area is 195 Å². The Bertz CT molecular complexity index is 1290. The molecule has 1 aromatic heterocycles. The second-order valence-electron chi connectivity index (χ2n) is 7.58. The van der Waals surface area contributed by atoms with Gasteiger partial charge in [0.25, 0.3) is 5.91 Å². The molecule has 1 atom stereocenters. The molecule has 0 unspecified atom stereocenters. The third-order valence-corrected chi connectivity index (χ3v) is 5.55. The van der Waals surface area contributed by atoms with Crippen molar-refractivity contribution in [2.75, 3.05) is 11.9 Å². The van der Waals surface area contributed by atoms with E-state index < -0.39 is 11.9 Å². The van der Waals surface area contributed by atoms with E-state index in [0.29, 0.717) is 34.0 Å². The number of fused-ring (bicyclic) bond motifs is 1. The standard InChI is InChI=1S/C26H22ClFN2O3/c1-16(26(32)30-19-5-2-17(3-6-19)11-13-31)33-20-7-9-23-21(10-12-29-25(23)15-20)22-8-4-18(28)14-24(22)27/h2-10,12,14-16,31H,11,13H2,1H3,(H,30,32)/t16-/m1/s1. The molecule has 0 fully saturated rings. The number of rotatable bonds is 7. The quantitative estimate of drug-likeness (QED) is 0.371. The van der Waals surface area contributed by atoms with Gasteiger partial charge in [-0.05, 0) is 73.0 Å². The number of pyridine rings is 1. The fourth-order valence-corrected chi connectivity index (χ4v) is 3.80. The van der Waals surface area contributed by atoms with Crippen LogP contribution < -0.4 is 10.1 Å². The molecule has 1 amide bonds. The largest absolute Gasteiger partial charge is 0.481 e. The number of ether oxygens (including phenoxy) is 1. The summed E-state index contributed by atoms with van der Waals surface area (Å²) >= 11 is 6.25. The number of nitrogens with zero attached hydrogens (tertiary/aromatic N) is 1. The van der Waals surface area contributed by atoms with E-state index in [4.69, 9.17) is 21.4 Å². The van der Waals surface area contributed by atoms with E-state index in [1.807, 2.05) is 24.3 Å². The number of nitrogens with one attached hydrogen (secondary N) is 1. The van der Waals surface area contributed by atoms with Gasteiger partial charge in [-0.15, -0.1) is 0 Å². The van der Waals surface area contributed by atoms with Crippen molar-refractivity contribution in [3.63, 3.8) is 0 Å². The molecule has 0 saturated heterocycles. The van der Waals surface area contributed by atoms with E-state index in [-0.39, 0.29) is 12.5 Å².